The van der Waals surface area contributed by atoms with E-state index in [1.54, 1.807) is 7.11 Å². The van der Waals surface area contributed by atoms with Crippen LogP contribution < -0.4 is 10.5 Å². The summed E-state index contributed by atoms with van der Waals surface area (Å²) in [7, 11) is 3.79. The highest BCUT2D eigenvalue weighted by molar-refractivity contribution is 6.30. The molecule has 1 aromatic rings. The number of ether oxygens (including phenoxy) is 1. The lowest BCUT2D eigenvalue weighted by atomic mass is 9.90. The Hall–Kier alpha value is -0.770. The predicted molar refractivity (Wildman–Crippen MR) is 81.8 cm³/mol. The molecule has 0 aromatic heterocycles. The van der Waals surface area contributed by atoms with Crippen molar-refractivity contribution in [2.75, 3.05) is 20.7 Å². The molecule has 0 spiro atoms. The van der Waals surface area contributed by atoms with Crippen molar-refractivity contribution in [2.45, 2.75) is 38.8 Å². The minimum absolute atomic E-state index is 0.0350. The van der Waals surface area contributed by atoms with Gasteiger partial charge in [-0.15, -0.1) is 0 Å². The van der Waals surface area contributed by atoms with Crippen LogP contribution in [0.25, 0.3) is 0 Å². The van der Waals surface area contributed by atoms with Crippen molar-refractivity contribution >= 4 is 11.6 Å². The highest BCUT2D eigenvalue weighted by atomic mass is 35.5. The predicted octanol–water partition coefficient (Wildman–Crippen LogP) is 3.30. The quantitative estimate of drug-likeness (QED) is 0.835. The lowest BCUT2D eigenvalue weighted by molar-refractivity contribution is 0.107. The first kappa shape index (κ1) is 16.3. The Kier molecular flexibility index (Phi) is 6.11. The summed E-state index contributed by atoms with van der Waals surface area (Å²) in [4.78, 5) is 2.31. The van der Waals surface area contributed by atoms with Crippen molar-refractivity contribution in [3.8, 4) is 5.75 Å². The first-order chi connectivity index (χ1) is 9.02. The third kappa shape index (κ3) is 3.62. The molecular formula is C15H25ClN2O. The van der Waals surface area contributed by atoms with Gasteiger partial charge in [-0.3, -0.25) is 4.90 Å². The maximum atomic E-state index is 6.07. The number of hydrogen-bond donors (Lipinski definition) is 1. The van der Waals surface area contributed by atoms with Crippen molar-refractivity contribution in [3.05, 3.63) is 28.8 Å². The van der Waals surface area contributed by atoms with Gasteiger partial charge in [0, 0.05) is 29.2 Å². The lowest BCUT2D eigenvalue weighted by Gasteiger charge is -2.40. The summed E-state index contributed by atoms with van der Waals surface area (Å²) in [5.41, 5.74) is 7.11. The van der Waals surface area contributed by atoms with Gasteiger partial charge >= 0.3 is 0 Å². The van der Waals surface area contributed by atoms with Crippen molar-refractivity contribution in [2.24, 2.45) is 5.73 Å². The molecule has 0 amide bonds. The summed E-state index contributed by atoms with van der Waals surface area (Å²) in [6.45, 7) is 5.80. The SMILES string of the molecule is CCC(CC)(CN)N(C)Cc1cc(Cl)ccc1OC. The van der Waals surface area contributed by atoms with Crippen LogP contribution in [0.5, 0.6) is 5.75 Å². The monoisotopic (exact) mass is 284 g/mol. The Bertz CT molecular complexity index is 397. The van der Waals surface area contributed by atoms with Crippen molar-refractivity contribution in [1.29, 1.82) is 0 Å². The maximum Gasteiger partial charge on any atom is 0.123 e. The second kappa shape index (κ2) is 7.13. The second-order valence-corrected chi connectivity index (χ2v) is 5.38. The Morgan fingerprint density at radius 1 is 1.32 bits per heavy atom. The van der Waals surface area contributed by atoms with E-state index in [-0.39, 0.29) is 5.54 Å². The first-order valence-electron chi connectivity index (χ1n) is 6.76. The van der Waals surface area contributed by atoms with Crippen LogP contribution >= 0.6 is 11.6 Å². The van der Waals surface area contributed by atoms with E-state index < -0.39 is 0 Å². The summed E-state index contributed by atoms with van der Waals surface area (Å²) < 4.78 is 5.40. The van der Waals surface area contributed by atoms with Crippen LogP contribution in [0.1, 0.15) is 32.3 Å². The molecule has 4 heteroatoms. The molecule has 1 aromatic carbocycles. The van der Waals surface area contributed by atoms with Gasteiger partial charge in [0.15, 0.2) is 0 Å². The fraction of sp³-hybridized carbons (Fsp3) is 0.600. The van der Waals surface area contributed by atoms with Crippen molar-refractivity contribution in [3.63, 3.8) is 0 Å². The minimum Gasteiger partial charge on any atom is -0.496 e. The van der Waals surface area contributed by atoms with E-state index in [0.29, 0.717) is 6.54 Å². The number of hydrogen-bond acceptors (Lipinski definition) is 3. The summed E-state index contributed by atoms with van der Waals surface area (Å²) in [6, 6.07) is 5.72. The Morgan fingerprint density at radius 2 is 1.95 bits per heavy atom. The molecule has 3 nitrogen and oxygen atoms in total. The Balaban J connectivity index is 2.98. The molecule has 108 valence electrons. The van der Waals surface area contributed by atoms with Gasteiger partial charge in [-0.25, -0.2) is 0 Å². The molecule has 0 bridgehead atoms. The number of nitrogens with zero attached hydrogens (tertiary/aromatic N) is 1. The maximum absolute atomic E-state index is 6.07. The van der Waals surface area contributed by atoms with Gasteiger partial charge in [0.2, 0.25) is 0 Å². The van der Waals surface area contributed by atoms with E-state index in [4.69, 9.17) is 22.1 Å². The van der Waals surface area contributed by atoms with Gasteiger partial charge in [-0.1, -0.05) is 25.4 Å². The van der Waals surface area contributed by atoms with Crippen LogP contribution in [0.2, 0.25) is 5.02 Å². The molecule has 0 aliphatic heterocycles. The number of methoxy groups -OCH3 is 1. The number of halogens is 1. The fourth-order valence-electron chi connectivity index (χ4n) is 2.53. The van der Waals surface area contributed by atoms with Gasteiger partial charge in [-0.05, 0) is 38.1 Å². The van der Waals surface area contributed by atoms with E-state index in [9.17, 15) is 0 Å². The zero-order chi connectivity index (χ0) is 14.5. The summed E-state index contributed by atoms with van der Waals surface area (Å²) in [5, 5.41) is 0.732. The van der Waals surface area contributed by atoms with E-state index in [2.05, 4.69) is 25.8 Å². The van der Waals surface area contributed by atoms with Crippen molar-refractivity contribution in [1.82, 2.24) is 4.90 Å². The molecule has 0 atom stereocenters. The smallest absolute Gasteiger partial charge is 0.123 e. The molecule has 19 heavy (non-hydrogen) atoms. The number of nitrogens with two attached hydrogens (primary N) is 1. The molecular weight excluding hydrogens is 260 g/mol. The standard InChI is InChI=1S/C15H25ClN2O/c1-5-15(6-2,11-17)18(3)10-12-9-13(16)7-8-14(12)19-4/h7-9H,5-6,10-11,17H2,1-4H3. The molecule has 0 saturated carbocycles. The molecule has 1 rings (SSSR count). The van der Waals surface area contributed by atoms with Crippen LogP contribution in [0, 0.1) is 0 Å². The molecule has 0 aliphatic carbocycles. The zero-order valence-corrected chi connectivity index (χ0v) is 13.1. The van der Waals surface area contributed by atoms with Crippen LogP contribution in [0.15, 0.2) is 18.2 Å². The van der Waals surface area contributed by atoms with Crippen molar-refractivity contribution < 1.29 is 4.74 Å². The van der Waals surface area contributed by atoms with Gasteiger partial charge < -0.3 is 10.5 Å². The molecule has 0 fully saturated rings. The molecule has 2 N–H and O–H groups in total. The van der Waals surface area contributed by atoms with E-state index in [0.717, 1.165) is 35.7 Å². The van der Waals surface area contributed by atoms with Gasteiger partial charge in [0.05, 0.1) is 7.11 Å². The Labute approximate surface area is 121 Å². The average Bonchev–Trinajstić information content (AvgIpc) is 2.41. The second-order valence-electron chi connectivity index (χ2n) is 4.95. The van der Waals surface area contributed by atoms with E-state index in [1.807, 2.05) is 18.2 Å². The van der Waals surface area contributed by atoms with Crippen LogP contribution in [-0.2, 0) is 6.54 Å². The summed E-state index contributed by atoms with van der Waals surface area (Å²) in [6.07, 6.45) is 2.05. The van der Waals surface area contributed by atoms with Crippen LogP contribution in [0.3, 0.4) is 0 Å². The lowest BCUT2D eigenvalue weighted by Crippen LogP contribution is -2.50. The topological polar surface area (TPSA) is 38.5 Å². The fourth-order valence-corrected chi connectivity index (χ4v) is 2.72. The molecule has 0 saturated heterocycles. The van der Waals surface area contributed by atoms with E-state index >= 15 is 0 Å². The number of likely N-dealkylation sites (N-methyl/N-ethyl adjacent to an activating group) is 1. The third-order valence-corrected chi connectivity index (χ3v) is 4.39. The highest BCUT2D eigenvalue weighted by Crippen LogP contribution is 2.28. The number of benzene rings is 1. The van der Waals surface area contributed by atoms with Gasteiger partial charge in [0.1, 0.15) is 5.75 Å². The summed E-state index contributed by atoms with van der Waals surface area (Å²) >= 11 is 6.07. The normalized spacial score (nSPS) is 11.9. The molecule has 0 heterocycles. The number of rotatable bonds is 7. The first-order valence-corrected chi connectivity index (χ1v) is 7.14. The van der Waals surface area contributed by atoms with Crippen LogP contribution in [0.4, 0.5) is 0 Å². The van der Waals surface area contributed by atoms with Gasteiger partial charge in [-0.2, -0.15) is 0 Å². The minimum atomic E-state index is 0.0350. The Morgan fingerprint density at radius 3 is 2.42 bits per heavy atom. The molecule has 0 aliphatic rings. The van der Waals surface area contributed by atoms with E-state index in [1.165, 1.54) is 0 Å². The highest BCUT2D eigenvalue weighted by Gasteiger charge is 2.29. The van der Waals surface area contributed by atoms with Gasteiger partial charge in [0.25, 0.3) is 0 Å². The molecule has 0 unspecified atom stereocenters. The average molecular weight is 285 g/mol. The largest absolute Gasteiger partial charge is 0.496 e. The third-order valence-electron chi connectivity index (χ3n) is 4.16. The zero-order valence-electron chi connectivity index (χ0n) is 12.4. The summed E-state index contributed by atoms with van der Waals surface area (Å²) in [5.74, 6) is 0.870. The van der Waals surface area contributed by atoms with Crippen LogP contribution in [-0.4, -0.2) is 31.1 Å². The molecule has 0 radical (unpaired) electrons.